The van der Waals surface area contributed by atoms with Crippen LogP contribution in [-0.4, -0.2) is 35.4 Å². The fourth-order valence-corrected chi connectivity index (χ4v) is 3.46. The Hall–Kier alpha value is -2.11. The van der Waals surface area contributed by atoms with Gasteiger partial charge in [-0.3, -0.25) is 4.79 Å². The van der Waals surface area contributed by atoms with Gasteiger partial charge >= 0.3 is 0 Å². The van der Waals surface area contributed by atoms with Gasteiger partial charge in [0.25, 0.3) is 0 Å². The molecule has 1 heterocycles. The van der Waals surface area contributed by atoms with Gasteiger partial charge in [0.1, 0.15) is 11.6 Å². The predicted molar refractivity (Wildman–Crippen MR) is 95.9 cm³/mol. The first-order valence-corrected chi connectivity index (χ1v) is 8.96. The summed E-state index contributed by atoms with van der Waals surface area (Å²) in [4.78, 5) is 14.3. The number of carbonyl (C=O) groups is 1. The van der Waals surface area contributed by atoms with Crippen molar-refractivity contribution in [2.75, 3.05) is 19.6 Å². The Morgan fingerprint density at radius 3 is 2.38 bits per heavy atom. The summed E-state index contributed by atoms with van der Waals surface area (Å²) in [6, 6.07) is 11.8. The second-order valence-electron chi connectivity index (χ2n) is 6.92. The second kappa shape index (κ2) is 8.06. The van der Waals surface area contributed by atoms with Gasteiger partial charge in [0.05, 0.1) is 5.60 Å². The van der Waals surface area contributed by atoms with Crippen molar-refractivity contribution in [1.82, 2.24) is 4.90 Å². The van der Waals surface area contributed by atoms with Crippen molar-refractivity contribution in [3.8, 4) is 0 Å². The fraction of sp³-hybridized carbons (Fsp3) is 0.381. The SMILES string of the molecule is O=C(CCCN1CCC(O)(c2cccc(F)c2)CC1)c1ccc(F)cc1. The zero-order chi connectivity index (χ0) is 18.6. The second-order valence-corrected chi connectivity index (χ2v) is 6.92. The lowest BCUT2D eigenvalue weighted by atomic mass is 9.84. The van der Waals surface area contributed by atoms with Crippen LogP contribution in [-0.2, 0) is 5.60 Å². The van der Waals surface area contributed by atoms with Crippen molar-refractivity contribution in [3.63, 3.8) is 0 Å². The summed E-state index contributed by atoms with van der Waals surface area (Å²) in [6.07, 6.45) is 2.22. The monoisotopic (exact) mass is 359 g/mol. The lowest BCUT2D eigenvalue weighted by molar-refractivity contribution is -0.0262. The number of ketones is 1. The van der Waals surface area contributed by atoms with E-state index in [9.17, 15) is 18.7 Å². The van der Waals surface area contributed by atoms with Crippen LogP contribution in [0.5, 0.6) is 0 Å². The van der Waals surface area contributed by atoms with Crippen LogP contribution in [0.15, 0.2) is 48.5 Å². The Labute approximate surface area is 152 Å². The molecule has 3 rings (SSSR count). The molecule has 5 heteroatoms. The van der Waals surface area contributed by atoms with Crippen LogP contribution in [0.25, 0.3) is 0 Å². The highest BCUT2D eigenvalue weighted by atomic mass is 19.1. The maximum atomic E-state index is 13.4. The van der Waals surface area contributed by atoms with Crippen molar-refractivity contribution < 1.29 is 18.7 Å². The molecule has 1 aliphatic rings. The van der Waals surface area contributed by atoms with E-state index in [0.717, 1.165) is 6.54 Å². The number of likely N-dealkylation sites (tertiary alicyclic amines) is 1. The number of halogens is 2. The molecule has 3 nitrogen and oxygen atoms in total. The average Bonchev–Trinajstić information content (AvgIpc) is 2.64. The number of rotatable bonds is 6. The number of hydrogen-bond donors (Lipinski definition) is 1. The number of carbonyl (C=O) groups excluding carboxylic acids is 1. The molecule has 26 heavy (non-hydrogen) atoms. The van der Waals surface area contributed by atoms with Crippen LogP contribution in [0.2, 0.25) is 0 Å². The van der Waals surface area contributed by atoms with Crippen molar-refractivity contribution in [2.24, 2.45) is 0 Å². The molecule has 0 unspecified atom stereocenters. The van der Waals surface area contributed by atoms with Crippen LogP contribution in [0.1, 0.15) is 41.6 Å². The zero-order valence-corrected chi connectivity index (χ0v) is 14.6. The van der Waals surface area contributed by atoms with E-state index >= 15 is 0 Å². The minimum Gasteiger partial charge on any atom is -0.385 e. The standard InChI is InChI=1S/C21H23F2NO2/c22-18-8-6-16(7-9-18)20(25)5-2-12-24-13-10-21(26,11-14-24)17-3-1-4-19(23)15-17/h1,3-4,6-9,15,26H,2,5,10-14H2. The van der Waals surface area contributed by atoms with E-state index in [-0.39, 0.29) is 17.4 Å². The van der Waals surface area contributed by atoms with Gasteiger partial charge in [0.2, 0.25) is 0 Å². The summed E-state index contributed by atoms with van der Waals surface area (Å²) in [5.41, 5.74) is 0.178. The third kappa shape index (κ3) is 4.54. The smallest absolute Gasteiger partial charge is 0.162 e. The highest BCUT2D eigenvalue weighted by Crippen LogP contribution is 2.33. The molecule has 0 amide bonds. The molecule has 0 aromatic heterocycles. The molecule has 2 aromatic carbocycles. The number of nitrogens with zero attached hydrogens (tertiary/aromatic N) is 1. The molecule has 0 atom stereocenters. The summed E-state index contributed by atoms with van der Waals surface area (Å²) in [5.74, 6) is -0.670. The molecule has 0 saturated carbocycles. The molecule has 1 fully saturated rings. The van der Waals surface area contributed by atoms with Crippen molar-refractivity contribution >= 4 is 5.78 Å². The van der Waals surface area contributed by atoms with Gasteiger partial charge in [-0.2, -0.15) is 0 Å². The van der Waals surface area contributed by atoms with Gasteiger partial charge in [0.15, 0.2) is 5.78 Å². The lowest BCUT2D eigenvalue weighted by Crippen LogP contribution is -2.43. The quantitative estimate of drug-likeness (QED) is 0.795. The van der Waals surface area contributed by atoms with E-state index < -0.39 is 5.60 Å². The van der Waals surface area contributed by atoms with Gasteiger partial charge in [-0.15, -0.1) is 0 Å². The zero-order valence-electron chi connectivity index (χ0n) is 14.6. The molecule has 0 aliphatic carbocycles. The first-order chi connectivity index (χ1) is 12.5. The molecule has 138 valence electrons. The maximum Gasteiger partial charge on any atom is 0.162 e. The largest absolute Gasteiger partial charge is 0.385 e. The highest BCUT2D eigenvalue weighted by molar-refractivity contribution is 5.95. The van der Waals surface area contributed by atoms with Gasteiger partial charge < -0.3 is 10.0 Å². The minimum absolute atomic E-state index is 0.0123. The van der Waals surface area contributed by atoms with Gasteiger partial charge in [-0.1, -0.05) is 12.1 Å². The molecule has 1 saturated heterocycles. The van der Waals surface area contributed by atoms with E-state index in [4.69, 9.17) is 0 Å². The van der Waals surface area contributed by atoms with Gasteiger partial charge in [-0.05, 0) is 67.8 Å². The summed E-state index contributed by atoms with van der Waals surface area (Å²) in [7, 11) is 0. The molecule has 0 bridgehead atoms. The number of aliphatic hydroxyl groups is 1. The summed E-state index contributed by atoms with van der Waals surface area (Å²) in [6.45, 7) is 2.18. The van der Waals surface area contributed by atoms with Crippen LogP contribution in [0, 0.1) is 11.6 Å². The molecular weight excluding hydrogens is 336 g/mol. The highest BCUT2D eigenvalue weighted by Gasteiger charge is 2.33. The Balaban J connectivity index is 1.45. The molecule has 0 radical (unpaired) electrons. The maximum absolute atomic E-state index is 13.4. The van der Waals surface area contributed by atoms with E-state index in [1.807, 2.05) is 0 Å². The van der Waals surface area contributed by atoms with Crippen LogP contribution in [0.3, 0.4) is 0 Å². The van der Waals surface area contributed by atoms with Crippen molar-refractivity contribution in [1.29, 1.82) is 0 Å². The Morgan fingerprint density at radius 2 is 1.73 bits per heavy atom. The van der Waals surface area contributed by atoms with E-state index in [2.05, 4.69) is 4.90 Å². The summed E-state index contributed by atoms with van der Waals surface area (Å²) < 4.78 is 26.3. The summed E-state index contributed by atoms with van der Waals surface area (Å²) >= 11 is 0. The predicted octanol–water partition coefficient (Wildman–Crippen LogP) is 3.91. The van der Waals surface area contributed by atoms with Crippen LogP contribution >= 0.6 is 0 Å². The Morgan fingerprint density at radius 1 is 1.04 bits per heavy atom. The van der Waals surface area contributed by atoms with E-state index in [0.29, 0.717) is 49.9 Å². The third-order valence-electron chi connectivity index (χ3n) is 5.09. The average molecular weight is 359 g/mol. The van der Waals surface area contributed by atoms with Crippen molar-refractivity contribution in [2.45, 2.75) is 31.3 Å². The van der Waals surface area contributed by atoms with Gasteiger partial charge in [-0.25, -0.2) is 8.78 Å². The summed E-state index contributed by atoms with van der Waals surface area (Å²) in [5, 5.41) is 10.8. The van der Waals surface area contributed by atoms with Crippen LogP contribution < -0.4 is 0 Å². The topological polar surface area (TPSA) is 40.5 Å². The fourth-order valence-electron chi connectivity index (χ4n) is 3.46. The van der Waals surface area contributed by atoms with Gasteiger partial charge in [0, 0.05) is 25.1 Å². The third-order valence-corrected chi connectivity index (χ3v) is 5.09. The Kier molecular flexibility index (Phi) is 5.79. The minimum atomic E-state index is -0.984. The molecule has 0 spiro atoms. The first kappa shape index (κ1) is 18.7. The molecule has 1 N–H and O–H groups in total. The van der Waals surface area contributed by atoms with Crippen molar-refractivity contribution in [3.05, 3.63) is 71.3 Å². The lowest BCUT2D eigenvalue weighted by Gasteiger charge is -2.38. The number of piperidine rings is 1. The number of Topliss-reactive ketones (excluding diaryl/α,β-unsaturated/α-hetero) is 1. The van der Waals surface area contributed by atoms with E-state index in [1.165, 1.54) is 36.4 Å². The number of hydrogen-bond acceptors (Lipinski definition) is 3. The first-order valence-electron chi connectivity index (χ1n) is 8.96. The molecular formula is C21H23F2NO2. The van der Waals surface area contributed by atoms with E-state index in [1.54, 1.807) is 12.1 Å². The normalized spacial score (nSPS) is 17.2. The van der Waals surface area contributed by atoms with Crippen LogP contribution in [0.4, 0.5) is 8.78 Å². The molecule has 2 aromatic rings. The number of benzene rings is 2. The molecule has 1 aliphatic heterocycles. The Bertz CT molecular complexity index is 753.